The standard InChI is InChI=1S/C23H27N5O5S/c1-31-12-5-11-27-22(30)21-17(10-13-34-21)28-19(25-26-23(27)28)6-4-7-20(29)24-16-14-15(32-2)8-9-18(16)33-3/h8-10,13-14H,4-7,11-12H2,1-3H3,(H,24,29). The number of anilines is 1. The van der Waals surface area contributed by atoms with Gasteiger partial charge in [0.05, 0.1) is 25.4 Å². The van der Waals surface area contributed by atoms with Crippen molar-refractivity contribution in [1.29, 1.82) is 0 Å². The SMILES string of the molecule is COCCCn1c(=O)c2sccc2n2c(CCCC(=O)Nc3cc(OC)ccc3OC)nnc12. The zero-order valence-corrected chi connectivity index (χ0v) is 20.2. The molecule has 0 aliphatic carbocycles. The van der Waals surface area contributed by atoms with Gasteiger partial charge in [0.2, 0.25) is 11.7 Å². The van der Waals surface area contributed by atoms with E-state index < -0.39 is 0 Å². The first-order valence-corrected chi connectivity index (χ1v) is 11.8. The molecule has 0 aliphatic heterocycles. The number of thiophene rings is 1. The molecule has 0 fully saturated rings. The fourth-order valence-corrected chi connectivity index (χ4v) is 4.67. The lowest BCUT2D eigenvalue weighted by atomic mass is 10.2. The maximum Gasteiger partial charge on any atom is 0.272 e. The van der Waals surface area contributed by atoms with E-state index in [-0.39, 0.29) is 17.9 Å². The van der Waals surface area contributed by atoms with Gasteiger partial charge in [0.25, 0.3) is 5.56 Å². The van der Waals surface area contributed by atoms with E-state index in [1.54, 1.807) is 44.1 Å². The van der Waals surface area contributed by atoms with Crippen LogP contribution in [0.2, 0.25) is 0 Å². The summed E-state index contributed by atoms with van der Waals surface area (Å²) >= 11 is 1.40. The Morgan fingerprint density at radius 2 is 1.97 bits per heavy atom. The zero-order chi connectivity index (χ0) is 24.1. The fourth-order valence-electron chi connectivity index (χ4n) is 3.84. The third-order valence-corrected chi connectivity index (χ3v) is 6.39. The van der Waals surface area contributed by atoms with E-state index >= 15 is 0 Å². The van der Waals surface area contributed by atoms with Gasteiger partial charge in [0, 0.05) is 39.2 Å². The van der Waals surface area contributed by atoms with Gasteiger partial charge in [-0.25, -0.2) is 0 Å². The molecule has 34 heavy (non-hydrogen) atoms. The van der Waals surface area contributed by atoms with Gasteiger partial charge in [-0.05, 0) is 36.4 Å². The minimum absolute atomic E-state index is 0.0702. The molecule has 10 nitrogen and oxygen atoms in total. The van der Waals surface area contributed by atoms with E-state index in [0.717, 1.165) is 5.52 Å². The Labute approximate surface area is 200 Å². The molecule has 0 unspecified atom stereocenters. The summed E-state index contributed by atoms with van der Waals surface area (Å²) in [6.45, 7) is 1.04. The van der Waals surface area contributed by atoms with Crippen molar-refractivity contribution in [2.45, 2.75) is 32.2 Å². The summed E-state index contributed by atoms with van der Waals surface area (Å²) in [4.78, 5) is 25.5. The van der Waals surface area contributed by atoms with Crippen molar-refractivity contribution in [3.8, 4) is 11.5 Å². The summed E-state index contributed by atoms with van der Waals surface area (Å²) in [7, 11) is 4.75. The molecule has 1 aromatic carbocycles. The van der Waals surface area contributed by atoms with Crippen molar-refractivity contribution < 1.29 is 19.0 Å². The predicted octanol–water partition coefficient (Wildman–Crippen LogP) is 3.12. The zero-order valence-electron chi connectivity index (χ0n) is 19.4. The first kappa shape index (κ1) is 23.7. The highest BCUT2D eigenvalue weighted by molar-refractivity contribution is 7.17. The quantitative estimate of drug-likeness (QED) is 0.325. The number of methoxy groups -OCH3 is 3. The first-order valence-electron chi connectivity index (χ1n) is 10.9. The molecule has 11 heteroatoms. The van der Waals surface area contributed by atoms with Crippen molar-refractivity contribution >= 4 is 38.9 Å². The van der Waals surface area contributed by atoms with Crippen molar-refractivity contribution in [2.75, 3.05) is 33.3 Å². The molecule has 3 aromatic heterocycles. The van der Waals surface area contributed by atoms with Gasteiger partial charge < -0.3 is 19.5 Å². The molecule has 1 amide bonds. The van der Waals surface area contributed by atoms with E-state index in [2.05, 4.69) is 15.5 Å². The van der Waals surface area contributed by atoms with Crippen LogP contribution < -0.4 is 20.3 Å². The van der Waals surface area contributed by atoms with E-state index in [1.165, 1.54) is 11.3 Å². The Morgan fingerprint density at radius 3 is 2.74 bits per heavy atom. The van der Waals surface area contributed by atoms with Gasteiger partial charge in [-0.3, -0.25) is 18.6 Å². The van der Waals surface area contributed by atoms with E-state index in [4.69, 9.17) is 14.2 Å². The van der Waals surface area contributed by atoms with Crippen molar-refractivity contribution in [3.05, 3.63) is 45.8 Å². The molecule has 0 saturated carbocycles. The molecule has 0 spiro atoms. The summed E-state index contributed by atoms with van der Waals surface area (Å²) in [5.41, 5.74) is 1.28. The Balaban J connectivity index is 1.50. The third-order valence-electron chi connectivity index (χ3n) is 5.49. The number of carbonyl (C=O) groups is 1. The first-order chi connectivity index (χ1) is 16.6. The fraction of sp³-hybridized carbons (Fsp3) is 0.391. The lowest BCUT2D eigenvalue weighted by Crippen LogP contribution is -2.23. The monoisotopic (exact) mass is 485 g/mol. The Bertz CT molecular complexity index is 1360. The van der Waals surface area contributed by atoms with Crippen molar-refractivity contribution in [2.24, 2.45) is 0 Å². The average Bonchev–Trinajstić information content (AvgIpc) is 3.48. The van der Waals surface area contributed by atoms with E-state index in [0.29, 0.717) is 65.9 Å². The Kier molecular flexibility index (Phi) is 7.43. The molecule has 0 aliphatic rings. The number of nitrogens with zero attached hydrogens (tertiary/aromatic N) is 4. The summed E-state index contributed by atoms with van der Waals surface area (Å²) in [5.74, 6) is 2.27. The molecule has 0 bridgehead atoms. The summed E-state index contributed by atoms with van der Waals surface area (Å²) < 4.78 is 19.9. The molecule has 0 radical (unpaired) electrons. The number of ether oxygens (including phenoxy) is 3. The van der Waals surface area contributed by atoms with Crippen LogP contribution >= 0.6 is 11.3 Å². The van der Waals surface area contributed by atoms with Crippen LogP contribution in [0.15, 0.2) is 34.4 Å². The van der Waals surface area contributed by atoms with Crippen LogP contribution in [0, 0.1) is 0 Å². The maximum absolute atomic E-state index is 13.0. The molecule has 0 atom stereocenters. The molecule has 4 rings (SSSR count). The number of aromatic nitrogens is 4. The van der Waals surface area contributed by atoms with Crippen LogP contribution in [0.4, 0.5) is 5.69 Å². The second kappa shape index (κ2) is 10.7. The number of fused-ring (bicyclic) bond motifs is 3. The smallest absolute Gasteiger partial charge is 0.272 e. The van der Waals surface area contributed by atoms with Gasteiger partial charge in [-0.15, -0.1) is 21.5 Å². The number of amides is 1. The normalized spacial score (nSPS) is 11.3. The lowest BCUT2D eigenvalue weighted by Gasteiger charge is -2.12. The van der Waals surface area contributed by atoms with Gasteiger partial charge >= 0.3 is 0 Å². The number of rotatable bonds is 11. The second-order valence-corrected chi connectivity index (χ2v) is 8.57. The summed E-state index contributed by atoms with van der Waals surface area (Å²) in [6.07, 6.45) is 2.08. The molecule has 1 N–H and O–H groups in total. The molecule has 180 valence electrons. The van der Waals surface area contributed by atoms with Gasteiger partial charge in [-0.1, -0.05) is 0 Å². The van der Waals surface area contributed by atoms with Crippen LogP contribution in [0.1, 0.15) is 25.1 Å². The molecular weight excluding hydrogens is 458 g/mol. The number of benzene rings is 1. The molecular formula is C23H27N5O5S. The van der Waals surface area contributed by atoms with Crippen LogP contribution in [-0.2, 0) is 22.5 Å². The molecule has 0 saturated heterocycles. The minimum atomic E-state index is -0.141. The highest BCUT2D eigenvalue weighted by Crippen LogP contribution is 2.29. The largest absolute Gasteiger partial charge is 0.497 e. The second-order valence-electron chi connectivity index (χ2n) is 7.66. The Morgan fingerprint density at radius 1 is 1.12 bits per heavy atom. The topological polar surface area (TPSA) is 109 Å². The third kappa shape index (κ3) is 4.75. The van der Waals surface area contributed by atoms with Gasteiger partial charge in [0.15, 0.2) is 0 Å². The van der Waals surface area contributed by atoms with E-state index in [1.807, 2.05) is 15.8 Å². The number of aryl methyl sites for hydroxylation is 2. The summed E-state index contributed by atoms with van der Waals surface area (Å²) in [6, 6.07) is 7.14. The number of carbonyl (C=O) groups excluding carboxylic acids is 1. The average molecular weight is 486 g/mol. The van der Waals surface area contributed by atoms with Crippen LogP contribution in [0.5, 0.6) is 11.5 Å². The van der Waals surface area contributed by atoms with Crippen molar-refractivity contribution in [1.82, 2.24) is 19.2 Å². The van der Waals surface area contributed by atoms with Crippen LogP contribution in [-0.4, -0.2) is 53.0 Å². The minimum Gasteiger partial charge on any atom is -0.497 e. The number of hydrogen-bond donors (Lipinski definition) is 1. The van der Waals surface area contributed by atoms with Crippen LogP contribution in [0.3, 0.4) is 0 Å². The molecule has 4 aromatic rings. The highest BCUT2D eigenvalue weighted by atomic mass is 32.1. The Hall–Kier alpha value is -3.44. The van der Waals surface area contributed by atoms with Gasteiger partial charge in [-0.2, -0.15) is 0 Å². The highest BCUT2D eigenvalue weighted by Gasteiger charge is 2.18. The number of hydrogen-bond acceptors (Lipinski definition) is 8. The number of nitrogens with one attached hydrogen (secondary N) is 1. The molecule has 3 heterocycles. The maximum atomic E-state index is 13.0. The summed E-state index contributed by atoms with van der Waals surface area (Å²) in [5, 5.41) is 13.4. The van der Waals surface area contributed by atoms with Gasteiger partial charge in [0.1, 0.15) is 22.0 Å². The van der Waals surface area contributed by atoms with Crippen LogP contribution in [0.25, 0.3) is 16.0 Å². The van der Waals surface area contributed by atoms with Crippen molar-refractivity contribution in [3.63, 3.8) is 0 Å². The lowest BCUT2D eigenvalue weighted by molar-refractivity contribution is -0.116. The van der Waals surface area contributed by atoms with E-state index in [9.17, 15) is 9.59 Å². The predicted molar refractivity (Wildman–Crippen MR) is 130 cm³/mol.